The van der Waals surface area contributed by atoms with E-state index in [2.05, 4.69) is 10.2 Å². The van der Waals surface area contributed by atoms with E-state index in [0.29, 0.717) is 27.8 Å². The number of amides is 2. The molecule has 0 saturated carbocycles. The molecule has 1 N–H and O–H groups in total. The van der Waals surface area contributed by atoms with E-state index in [9.17, 15) is 9.59 Å². The number of nitrogens with one attached hydrogen (secondary N) is 1. The molecule has 0 radical (unpaired) electrons. The van der Waals surface area contributed by atoms with Gasteiger partial charge in [-0.3, -0.25) is 19.8 Å². The Labute approximate surface area is 206 Å². The molecular weight excluding hydrogens is 485 g/mol. The highest BCUT2D eigenvalue weighted by Crippen LogP contribution is 2.38. The maximum atomic E-state index is 13.3. The maximum absolute atomic E-state index is 13.3. The van der Waals surface area contributed by atoms with Crippen LogP contribution in [0.25, 0.3) is 6.08 Å². The summed E-state index contributed by atoms with van der Waals surface area (Å²) in [6.07, 6.45) is 3.69. The molecule has 0 unspecified atom stereocenters. The fourth-order valence-corrected chi connectivity index (χ4v) is 4.47. The van der Waals surface area contributed by atoms with E-state index in [1.54, 1.807) is 25.3 Å². The molecule has 2 aromatic carbocycles. The average Bonchev–Trinajstić information content (AvgIpc) is 3.33. The molecule has 2 aliphatic heterocycles. The number of thiocarbonyl (C=S) groups is 1. The lowest BCUT2D eigenvalue weighted by Gasteiger charge is -2.29. The topological polar surface area (TPSA) is 71.1 Å². The van der Waals surface area contributed by atoms with Crippen LogP contribution in [0.1, 0.15) is 18.4 Å². The van der Waals surface area contributed by atoms with Crippen LogP contribution in [0, 0.1) is 0 Å². The van der Waals surface area contributed by atoms with Gasteiger partial charge in [0.1, 0.15) is 17.1 Å². The van der Waals surface area contributed by atoms with Gasteiger partial charge >= 0.3 is 0 Å². The van der Waals surface area contributed by atoms with Crippen molar-refractivity contribution in [2.75, 3.05) is 37.1 Å². The minimum Gasteiger partial charge on any atom is -0.496 e. The summed E-state index contributed by atoms with van der Waals surface area (Å²) in [6.45, 7) is 1.85. The van der Waals surface area contributed by atoms with Gasteiger partial charge in [0.05, 0.1) is 35.6 Å². The summed E-state index contributed by atoms with van der Waals surface area (Å²) in [4.78, 5) is 29.5. The zero-order valence-electron chi connectivity index (χ0n) is 18.0. The summed E-state index contributed by atoms with van der Waals surface area (Å²) < 4.78 is 11.2. The molecule has 2 fully saturated rings. The molecule has 172 valence electrons. The molecule has 2 saturated heterocycles. The van der Waals surface area contributed by atoms with Crippen LogP contribution < -0.4 is 24.6 Å². The van der Waals surface area contributed by atoms with Gasteiger partial charge in [0, 0.05) is 24.7 Å². The SMILES string of the molecule is COc1cc(N2CCCC2)c(OC)cc1/C=C1\C(=O)NC(=S)N(c2ccc(Cl)c(Cl)c2)C1=O. The molecule has 0 aliphatic carbocycles. The molecule has 0 spiro atoms. The minimum absolute atomic E-state index is 0.0468. The molecule has 4 rings (SSSR count). The normalized spacial score (nSPS) is 17.6. The van der Waals surface area contributed by atoms with Crippen LogP contribution in [0.3, 0.4) is 0 Å². The number of halogens is 2. The fraction of sp³-hybridized carbons (Fsp3) is 0.261. The Morgan fingerprint density at radius 2 is 1.70 bits per heavy atom. The summed E-state index contributed by atoms with van der Waals surface area (Å²) in [5.41, 5.74) is 1.72. The van der Waals surface area contributed by atoms with Crippen LogP contribution in [0.5, 0.6) is 11.5 Å². The molecule has 2 aliphatic rings. The smallest absolute Gasteiger partial charge is 0.270 e. The van der Waals surface area contributed by atoms with Gasteiger partial charge in [0.2, 0.25) is 0 Å². The van der Waals surface area contributed by atoms with Gasteiger partial charge in [-0.05, 0) is 55.4 Å². The van der Waals surface area contributed by atoms with E-state index < -0.39 is 11.8 Å². The monoisotopic (exact) mass is 505 g/mol. The Bertz CT molecular complexity index is 1180. The molecule has 7 nitrogen and oxygen atoms in total. The van der Waals surface area contributed by atoms with Gasteiger partial charge in [-0.2, -0.15) is 0 Å². The quantitative estimate of drug-likeness (QED) is 0.367. The highest BCUT2D eigenvalue weighted by molar-refractivity contribution is 7.80. The Morgan fingerprint density at radius 1 is 1.00 bits per heavy atom. The van der Waals surface area contributed by atoms with E-state index in [4.69, 9.17) is 44.9 Å². The van der Waals surface area contributed by atoms with Crippen LogP contribution in [0.2, 0.25) is 10.0 Å². The van der Waals surface area contributed by atoms with Gasteiger partial charge < -0.3 is 14.4 Å². The van der Waals surface area contributed by atoms with Gasteiger partial charge in [-0.15, -0.1) is 0 Å². The number of carbonyl (C=O) groups is 2. The van der Waals surface area contributed by atoms with Crippen LogP contribution in [-0.4, -0.2) is 44.2 Å². The van der Waals surface area contributed by atoms with Crippen molar-refractivity contribution in [2.24, 2.45) is 0 Å². The first kappa shape index (κ1) is 23.4. The van der Waals surface area contributed by atoms with E-state index in [1.807, 2.05) is 6.07 Å². The number of nitrogens with zero attached hydrogens (tertiary/aromatic N) is 2. The van der Waals surface area contributed by atoms with Crippen molar-refractivity contribution >= 4 is 69.8 Å². The highest BCUT2D eigenvalue weighted by Gasteiger charge is 2.35. The van der Waals surface area contributed by atoms with Crippen LogP contribution in [0.15, 0.2) is 35.9 Å². The molecule has 0 atom stereocenters. The standard InChI is InChI=1S/C23H21Cl2N3O4S/c1-31-19-12-18(27-7-3-4-8-27)20(32-2)10-13(19)9-15-21(29)26-23(33)28(22(15)30)14-5-6-16(24)17(25)11-14/h5-6,9-12H,3-4,7-8H2,1-2H3,(H,26,29,33)/b15-9+. The summed E-state index contributed by atoms with van der Waals surface area (Å²) in [5, 5.41) is 3.11. The third-order valence-electron chi connectivity index (χ3n) is 5.54. The lowest BCUT2D eigenvalue weighted by Crippen LogP contribution is -2.54. The van der Waals surface area contributed by atoms with Crippen molar-refractivity contribution < 1.29 is 19.1 Å². The number of carbonyl (C=O) groups excluding carboxylic acids is 2. The van der Waals surface area contributed by atoms with Crippen molar-refractivity contribution in [1.82, 2.24) is 5.32 Å². The van der Waals surface area contributed by atoms with Crippen LogP contribution in [-0.2, 0) is 9.59 Å². The lowest BCUT2D eigenvalue weighted by molar-refractivity contribution is -0.122. The first-order chi connectivity index (χ1) is 15.8. The molecule has 2 heterocycles. The number of rotatable bonds is 5. The van der Waals surface area contributed by atoms with Gasteiger partial charge in [0.25, 0.3) is 11.8 Å². The predicted octanol–water partition coefficient (Wildman–Crippen LogP) is 4.44. The molecule has 33 heavy (non-hydrogen) atoms. The van der Waals surface area contributed by atoms with Crippen molar-refractivity contribution in [2.45, 2.75) is 12.8 Å². The van der Waals surface area contributed by atoms with Crippen molar-refractivity contribution in [1.29, 1.82) is 0 Å². The Morgan fingerprint density at radius 3 is 2.33 bits per heavy atom. The fourth-order valence-electron chi connectivity index (χ4n) is 3.89. The third kappa shape index (κ3) is 4.51. The molecular formula is C23H21Cl2N3O4S. The molecule has 0 bridgehead atoms. The average molecular weight is 506 g/mol. The number of benzene rings is 2. The van der Waals surface area contributed by atoms with E-state index in [1.165, 1.54) is 24.2 Å². The Kier molecular flexibility index (Phi) is 6.78. The molecule has 2 amide bonds. The van der Waals surface area contributed by atoms with Crippen molar-refractivity contribution in [3.63, 3.8) is 0 Å². The number of methoxy groups -OCH3 is 2. The summed E-state index contributed by atoms with van der Waals surface area (Å²) in [5.74, 6) is -0.0529. The predicted molar refractivity (Wildman–Crippen MR) is 134 cm³/mol. The Balaban J connectivity index is 1.76. The number of hydrogen-bond donors (Lipinski definition) is 1. The second kappa shape index (κ2) is 9.59. The van der Waals surface area contributed by atoms with Crippen LogP contribution >= 0.6 is 35.4 Å². The zero-order valence-corrected chi connectivity index (χ0v) is 20.3. The number of ether oxygens (including phenoxy) is 2. The molecule has 2 aromatic rings. The summed E-state index contributed by atoms with van der Waals surface area (Å²) in [6, 6.07) is 8.29. The Hall–Kier alpha value is -2.81. The summed E-state index contributed by atoms with van der Waals surface area (Å²) >= 11 is 17.4. The maximum Gasteiger partial charge on any atom is 0.270 e. The largest absolute Gasteiger partial charge is 0.496 e. The van der Waals surface area contributed by atoms with E-state index >= 15 is 0 Å². The van der Waals surface area contributed by atoms with Crippen molar-refractivity contribution in [3.05, 3.63) is 51.5 Å². The highest BCUT2D eigenvalue weighted by atomic mass is 35.5. The second-order valence-corrected chi connectivity index (χ2v) is 8.72. The molecule has 10 heteroatoms. The van der Waals surface area contributed by atoms with E-state index in [0.717, 1.165) is 31.6 Å². The van der Waals surface area contributed by atoms with Gasteiger partial charge in [-0.25, -0.2) is 0 Å². The first-order valence-corrected chi connectivity index (χ1v) is 11.4. The molecule has 0 aromatic heterocycles. The lowest BCUT2D eigenvalue weighted by atomic mass is 10.0. The third-order valence-corrected chi connectivity index (χ3v) is 6.56. The van der Waals surface area contributed by atoms with Gasteiger partial charge in [-0.1, -0.05) is 23.2 Å². The minimum atomic E-state index is -0.606. The van der Waals surface area contributed by atoms with Crippen molar-refractivity contribution in [3.8, 4) is 11.5 Å². The number of anilines is 2. The van der Waals surface area contributed by atoms with E-state index in [-0.39, 0.29) is 15.7 Å². The summed E-state index contributed by atoms with van der Waals surface area (Å²) in [7, 11) is 3.12. The zero-order chi connectivity index (χ0) is 23.7. The van der Waals surface area contributed by atoms with Gasteiger partial charge in [0.15, 0.2) is 5.11 Å². The first-order valence-electron chi connectivity index (χ1n) is 10.2. The second-order valence-electron chi connectivity index (χ2n) is 7.52. The van der Waals surface area contributed by atoms with Crippen LogP contribution in [0.4, 0.5) is 11.4 Å². The number of hydrogen-bond acceptors (Lipinski definition) is 6.